The molecule has 1 atom stereocenters. The zero-order valence-corrected chi connectivity index (χ0v) is 10.8. The highest BCUT2D eigenvalue weighted by molar-refractivity contribution is 6.00. The predicted molar refractivity (Wildman–Crippen MR) is 68.6 cm³/mol. The summed E-state index contributed by atoms with van der Waals surface area (Å²) in [6.07, 6.45) is 1.02. The van der Waals surface area contributed by atoms with Gasteiger partial charge in [0.2, 0.25) is 0 Å². The maximum Gasteiger partial charge on any atom is 0.164 e. The SMILES string of the molecule is CC(=O)c1c(F)cccc1N(C)C[C@@H]1CCOC1. The fraction of sp³-hybridized carbons (Fsp3) is 0.500. The molecule has 2 rings (SSSR count). The molecule has 0 saturated carbocycles. The molecule has 4 heteroatoms. The van der Waals surface area contributed by atoms with Gasteiger partial charge in [0.1, 0.15) is 5.82 Å². The monoisotopic (exact) mass is 251 g/mol. The van der Waals surface area contributed by atoms with Crippen LogP contribution in [0, 0.1) is 11.7 Å². The average molecular weight is 251 g/mol. The van der Waals surface area contributed by atoms with Crippen LogP contribution in [-0.2, 0) is 4.74 Å². The molecule has 0 N–H and O–H groups in total. The Bertz CT molecular complexity index is 441. The highest BCUT2D eigenvalue weighted by Crippen LogP contribution is 2.25. The summed E-state index contributed by atoms with van der Waals surface area (Å²) >= 11 is 0. The van der Waals surface area contributed by atoms with Crippen molar-refractivity contribution in [1.29, 1.82) is 0 Å². The van der Waals surface area contributed by atoms with Crippen LogP contribution in [0.2, 0.25) is 0 Å². The minimum atomic E-state index is -0.450. The minimum absolute atomic E-state index is 0.180. The van der Waals surface area contributed by atoms with Gasteiger partial charge in [-0.1, -0.05) is 6.07 Å². The first-order valence-corrected chi connectivity index (χ1v) is 6.18. The molecule has 0 amide bonds. The number of benzene rings is 1. The fourth-order valence-corrected chi connectivity index (χ4v) is 2.39. The van der Waals surface area contributed by atoms with E-state index in [1.165, 1.54) is 13.0 Å². The molecule has 98 valence electrons. The Balaban J connectivity index is 2.20. The number of carbonyl (C=O) groups is 1. The molecule has 3 nitrogen and oxygen atoms in total. The molecule has 0 bridgehead atoms. The fourth-order valence-electron chi connectivity index (χ4n) is 2.39. The molecule has 1 aliphatic heterocycles. The van der Waals surface area contributed by atoms with Gasteiger partial charge in [-0.2, -0.15) is 0 Å². The van der Waals surface area contributed by atoms with E-state index in [0.29, 0.717) is 11.6 Å². The van der Waals surface area contributed by atoms with Crippen molar-refractivity contribution < 1.29 is 13.9 Å². The second kappa shape index (κ2) is 5.48. The van der Waals surface area contributed by atoms with Crippen molar-refractivity contribution in [3.05, 3.63) is 29.6 Å². The van der Waals surface area contributed by atoms with Crippen LogP contribution in [0.4, 0.5) is 10.1 Å². The predicted octanol–water partition coefficient (Wildman–Crippen LogP) is 2.50. The standard InChI is InChI=1S/C14H18FNO2/c1-10(17)14-12(15)4-3-5-13(14)16(2)8-11-6-7-18-9-11/h3-5,11H,6-9H2,1-2H3/t11-/m0/s1. The van der Waals surface area contributed by atoms with Crippen molar-refractivity contribution in [2.75, 3.05) is 31.7 Å². The van der Waals surface area contributed by atoms with Crippen molar-refractivity contribution in [3.63, 3.8) is 0 Å². The molecule has 0 spiro atoms. The van der Waals surface area contributed by atoms with Crippen LogP contribution in [-0.4, -0.2) is 32.6 Å². The van der Waals surface area contributed by atoms with Crippen LogP contribution >= 0.6 is 0 Å². The highest BCUT2D eigenvalue weighted by atomic mass is 19.1. The number of ether oxygens (including phenoxy) is 1. The zero-order valence-electron chi connectivity index (χ0n) is 10.8. The first kappa shape index (κ1) is 13.0. The number of anilines is 1. The van der Waals surface area contributed by atoms with Crippen molar-refractivity contribution in [2.45, 2.75) is 13.3 Å². The Labute approximate surface area is 107 Å². The molecule has 1 heterocycles. The molecule has 1 saturated heterocycles. The molecule has 18 heavy (non-hydrogen) atoms. The number of Topliss-reactive ketones (excluding diaryl/α,β-unsaturated/α-hetero) is 1. The van der Waals surface area contributed by atoms with Crippen molar-refractivity contribution in [3.8, 4) is 0 Å². The largest absolute Gasteiger partial charge is 0.381 e. The summed E-state index contributed by atoms with van der Waals surface area (Å²) in [5.41, 5.74) is 0.841. The normalized spacial score (nSPS) is 18.9. The van der Waals surface area contributed by atoms with Crippen LogP contribution in [0.1, 0.15) is 23.7 Å². The number of ketones is 1. The van der Waals surface area contributed by atoms with Gasteiger partial charge in [-0.3, -0.25) is 4.79 Å². The quantitative estimate of drug-likeness (QED) is 0.770. The van der Waals surface area contributed by atoms with Gasteiger partial charge < -0.3 is 9.64 Å². The first-order valence-electron chi connectivity index (χ1n) is 6.18. The van der Waals surface area contributed by atoms with Crippen LogP contribution < -0.4 is 4.90 Å². The minimum Gasteiger partial charge on any atom is -0.381 e. The number of hydrogen-bond acceptors (Lipinski definition) is 3. The number of hydrogen-bond donors (Lipinski definition) is 0. The average Bonchev–Trinajstić information content (AvgIpc) is 2.80. The molecule has 1 fully saturated rings. The molecule has 1 aliphatic rings. The van der Waals surface area contributed by atoms with Crippen molar-refractivity contribution in [1.82, 2.24) is 0 Å². The van der Waals surface area contributed by atoms with Gasteiger partial charge in [-0.25, -0.2) is 4.39 Å². The Hall–Kier alpha value is -1.42. The lowest BCUT2D eigenvalue weighted by molar-refractivity contribution is 0.101. The van der Waals surface area contributed by atoms with E-state index in [1.54, 1.807) is 12.1 Å². The smallest absolute Gasteiger partial charge is 0.164 e. The van der Waals surface area contributed by atoms with E-state index in [2.05, 4.69) is 0 Å². The Morgan fingerprint density at radius 2 is 2.33 bits per heavy atom. The van der Waals surface area contributed by atoms with Gasteiger partial charge in [-0.15, -0.1) is 0 Å². The van der Waals surface area contributed by atoms with E-state index in [9.17, 15) is 9.18 Å². The van der Waals surface area contributed by atoms with Crippen LogP contribution in [0.5, 0.6) is 0 Å². The zero-order chi connectivity index (χ0) is 13.1. The summed E-state index contributed by atoms with van der Waals surface area (Å²) in [6.45, 7) is 3.72. The molecular formula is C14H18FNO2. The second-order valence-electron chi connectivity index (χ2n) is 4.80. The third-order valence-corrected chi connectivity index (χ3v) is 3.31. The highest BCUT2D eigenvalue weighted by Gasteiger charge is 2.21. The number of nitrogens with zero attached hydrogens (tertiary/aromatic N) is 1. The van der Waals surface area contributed by atoms with E-state index in [4.69, 9.17) is 4.74 Å². The summed E-state index contributed by atoms with van der Waals surface area (Å²) in [4.78, 5) is 13.5. The summed E-state index contributed by atoms with van der Waals surface area (Å²) in [5.74, 6) is -0.231. The Morgan fingerprint density at radius 1 is 1.56 bits per heavy atom. The third-order valence-electron chi connectivity index (χ3n) is 3.31. The number of halogens is 1. The Kier molecular flexibility index (Phi) is 3.97. The van der Waals surface area contributed by atoms with E-state index in [0.717, 1.165) is 26.2 Å². The lowest BCUT2D eigenvalue weighted by atomic mass is 10.1. The molecule has 0 radical (unpaired) electrons. The molecule has 0 aromatic heterocycles. The topological polar surface area (TPSA) is 29.5 Å². The van der Waals surface area contributed by atoms with Gasteiger partial charge in [0.25, 0.3) is 0 Å². The summed E-state index contributed by atoms with van der Waals surface area (Å²) < 4.78 is 19.0. The summed E-state index contributed by atoms with van der Waals surface area (Å²) in [5, 5.41) is 0. The Morgan fingerprint density at radius 3 is 2.94 bits per heavy atom. The van der Waals surface area contributed by atoms with Crippen molar-refractivity contribution in [2.24, 2.45) is 5.92 Å². The maximum absolute atomic E-state index is 13.7. The van der Waals surface area contributed by atoms with Crippen LogP contribution in [0.15, 0.2) is 18.2 Å². The number of carbonyl (C=O) groups excluding carboxylic acids is 1. The van der Waals surface area contributed by atoms with Gasteiger partial charge in [0.15, 0.2) is 5.78 Å². The van der Waals surface area contributed by atoms with Crippen LogP contribution in [0.25, 0.3) is 0 Å². The first-order chi connectivity index (χ1) is 8.59. The lowest BCUT2D eigenvalue weighted by Crippen LogP contribution is -2.27. The summed E-state index contributed by atoms with van der Waals surface area (Å²) in [6, 6.07) is 4.75. The van der Waals surface area contributed by atoms with Gasteiger partial charge in [-0.05, 0) is 25.5 Å². The molecule has 1 aromatic rings. The lowest BCUT2D eigenvalue weighted by Gasteiger charge is -2.24. The van der Waals surface area contributed by atoms with Gasteiger partial charge in [0, 0.05) is 26.1 Å². The van der Waals surface area contributed by atoms with E-state index in [1.807, 2.05) is 11.9 Å². The van der Waals surface area contributed by atoms with Gasteiger partial charge >= 0.3 is 0 Å². The number of rotatable bonds is 4. The molecular weight excluding hydrogens is 233 g/mol. The van der Waals surface area contributed by atoms with E-state index >= 15 is 0 Å². The van der Waals surface area contributed by atoms with E-state index < -0.39 is 5.82 Å². The maximum atomic E-state index is 13.7. The molecule has 1 aromatic carbocycles. The van der Waals surface area contributed by atoms with E-state index in [-0.39, 0.29) is 11.3 Å². The second-order valence-corrected chi connectivity index (χ2v) is 4.80. The van der Waals surface area contributed by atoms with Crippen LogP contribution in [0.3, 0.4) is 0 Å². The molecule has 0 unspecified atom stereocenters. The van der Waals surface area contributed by atoms with Gasteiger partial charge in [0.05, 0.1) is 17.9 Å². The summed E-state index contributed by atoms with van der Waals surface area (Å²) in [7, 11) is 1.89. The molecule has 0 aliphatic carbocycles. The van der Waals surface area contributed by atoms with Crippen molar-refractivity contribution >= 4 is 11.5 Å². The third kappa shape index (κ3) is 2.70.